The Balaban J connectivity index is 1.82. The monoisotopic (exact) mass is 587 g/mol. The van der Waals surface area contributed by atoms with Crippen LogP contribution in [0.3, 0.4) is 0 Å². The summed E-state index contributed by atoms with van der Waals surface area (Å²) in [6.45, 7) is 3.95. The number of hydrogen-bond acceptors (Lipinski definition) is 7. The number of amides is 1. The van der Waals surface area contributed by atoms with E-state index < -0.39 is 26.7 Å². The lowest BCUT2D eigenvalue weighted by molar-refractivity contribution is 0.102. The van der Waals surface area contributed by atoms with E-state index in [0.29, 0.717) is 35.1 Å². The Morgan fingerprint density at radius 2 is 1.74 bits per heavy atom. The molecule has 1 amide bonds. The molecule has 0 saturated heterocycles. The molecular formula is C27H23Cl2N3O6S. The summed E-state index contributed by atoms with van der Waals surface area (Å²) in [7, 11) is -4.76. The van der Waals surface area contributed by atoms with Crippen molar-refractivity contribution in [2.24, 2.45) is 10.2 Å². The molecule has 0 unspecified atom stereocenters. The van der Waals surface area contributed by atoms with Gasteiger partial charge in [-0.3, -0.25) is 9.35 Å². The smallest absolute Gasteiger partial charge is 0.298 e. The minimum absolute atomic E-state index is 0.0932. The van der Waals surface area contributed by atoms with Crippen molar-refractivity contribution < 1.29 is 27.6 Å². The van der Waals surface area contributed by atoms with Gasteiger partial charge in [-0.15, -0.1) is 10.2 Å². The number of ether oxygens (including phenoxy) is 1. The molecule has 4 aromatic carbocycles. The van der Waals surface area contributed by atoms with Gasteiger partial charge in [0, 0.05) is 5.39 Å². The summed E-state index contributed by atoms with van der Waals surface area (Å²) >= 11 is 12.6. The Hall–Kier alpha value is -3.70. The van der Waals surface area contributed by atoms with Crippen molar-refractivity contribution in [3.8, 4) is 11.5 Å². The Labute approximate surface area is 234 Å². The maximum atomic E-state index is 13.3. The van der Waals surface area contributed by atoms with Crippen molar-refractivity contribution in [2.75, 3.05) is 11.9 Å². The largest absolute Gasteiger partial charge is 0.505 e. The van der Waals surface area contributed by atoms with Crippen LogP contribution in [0.15, 0.2) is 75.8 Å². The van der Waals surface area contributed by atoms with Crippen molar-refractivity contribution in [2.45, 2.75) is 25.2 Å². The fraction of sp³-hybridized carbons (Fsp3) is 0.148. The zero-order chi connectivity index (χ0) is 28.3. The van der Waals surface area contributed by atoms with Gasteiger partial charge in [0.2, 0.25) is 0 Å². The highest BCUT2D eigenvalue weighted by Gasteiger charge is 2.23. The maximum Gasteiger partial charge on any atom is 0.298 e. The van der Waals surface area contributed by atoms with Crippen molar-refractivity contribution in [1.29, 1.82) is 0 Å². The van der Waals surface area contributed by atoms with Gasteiger partial charge < -0.3 is 15.2 Å². The van der Waals surface area contributed by atoms with Crippen LogP contribution in [0.25, 0.3) is 10.8 Å². The number of benzene rings is 4. The summed E-state index contributed by atoms with van der Waals surface area (Å²) in [5.41, 5.74) is 0.297. The molecule has 202 valence electrons. The first-order chi connectivity index (χ1) is 18.6. The number of phenolic OH excluding ortho intramolecular Hbond substituents is 1. The molecule has 0 atom stereocenters. The second kappa shape index (κ2) is 11.6. The van der Waals surface area contributed by atoms with Gasteiger partial charge in [0.1, 0.15) is 27.0 Å². The normalized spacial score (nSPS) is 11.7. The first-order valence-corrected chi connectivity index (χ1v) is 13.9. The van der Waals surface area contributed by atoms with E-state index in [1.807, 2.05) is 0 Å². The SMILES string of the molecule is CCOc1cccc(NC(=O)c2cc3ccccc3c(N=Nc3ccc(CC)c(Cl)c3S(=O)(=O)O)c2O)c1Cl. The van der Waals surface area contributed by atoms with E-state index in [4.69, 9.17) is 27.9 Å². The van der Waals surface area contributed by atoms with E-state index in [0.717, 1.165) is 0 Å². The van der Waals surface area contributed by atoms with E-state index >= 15 is 0 Å². The number of anilines is 1. The highest BCUT2D eigenvalue weighted by Crippen LogP contribution is 2.42. The van der Waals surface area contributed by atoms with Crippen LogP contribution in [0, 0.1) is 0 Å². The van der Waals surface area contributed by atoms with Gasteiger partial charge in [0.05, 0.1) is 22.9 Å². The van der Waals surface area contributed by atoms with Gasteiger partial charge in [0.15, 0.2) is 5.75 Å². The maximum absolute atomic E-state index is 13.3. The first-order valence-electron chi connectivity index (χ1n) is 11.7. The highest BCUT2D eigenvalue weighted by molar-refractivity contribution is 7.86. The first kappa shape index (κ1) is 28.3. The molecule has 0 aromatic heterocycles. The fourth-order valence-corrected chi connectivity index (χ4v) is 5.49. The molecule has 39 heavy (non-hydrogen) atoms. The Morgan fingerprint density at radius 3 is 2.44 bits per heavy atom. The third kappa shape index (κ3) is 5.84. The lowest BCUT2D eigenvalue weighted by Gasteiger charge is -2.13. The average Bonchev–Trinajstić information content (AvgIpc) is 2.89. The standard InChI is InChI=1S/C27H23Cl2N3O6S/c1-3-15-12-13-20(26(22(15)28)39(35,36)37)31-32-24-17-9-6-5-8-16(17)14-18(25(24)33)27(34)30-19-10-7-11-21(23(19)29)38-4-2/h5-14,33H,3-4H2,1-2H3,(H,30,34)(H,35,36,37). The zero-order valence-corrected chi connectivity index (χ0v) is 23.1. The summed E-state index contributed by atoms with van der Waals surface area (Å²) in [6.07, 6.45) is 0.416. The second-order valence-electron chi connectivity index (χ2n) is 8.26. The predicted octanol–water partition coefficient (Wildman–Crippen LogP) is 7.73. The summed E-state index contributed by atoms with van der Waals surface area (Å²) < 4.78 is 39.4. The van der Waals surface area contributed by atoms with Crippen LogP contribution in [-0.2, 0) is 16.5 Å². The summed E-state index contributed by atoms with van der Waals surface area (Å²) in [4.78, 5) is 12.7. The lowest BCUT2D eigenvalue weighted by atomic mass is 10.0. The van der Waals surface area contributed by atoms with Gasteiger partial charge >= 0.3 is 0 Å². The lowest BCUT2D eigenvalue weighted by Crippen LogP contribution is -2.13. The summed E-state index contributed by atoms with van der Waals surface area (Å²) in [5, 5.41) is 22.9. The van der Waals surface area contributed by atoms with Crippen LogP contribution >= 0.6 is 23.2 Å². The van der Waals surface area contributed by atoms with E-state index in [1.54, 1.807) is 62.4 Å². The van der Waals surface area contributed by atoms with E-state index in [9.17, 15) is 22.9 Å². The number of phenols is 1. The van der Waals surface area contributed by atoms with E-state index in [2.05, 4.69) is 15.5 Å². The van der Waals surface area contributed by atoms with E-state index in [1.165, 1.54) is 12.1 Å². The van der Waals surface area contributed by atoms with Crippen molar-refractivity contribution >= 4 is 67.1 Å². The quantitative estimate of drug-likeness (QED) is 0.142. The number of fused-ring (bicyclic) bond motifs is 1. The number of halogens is 2. The molecule has 0 bridgehead atoms. The minimum atomic E-state index is -4.76. The fourth-order valence-electron chi connectivity index (χ4n) is 3.94. The van der Waals surface area contributed by atoms with Gasteiger partial charge in [-0.05, 0) is 48.6 Å². The van der Waals surface area contributed by atoms with Crippen molar-refractivity contribution in [3.05, 3.63) is 81.8 Å². The molecule has 0 aliphatic heterocycles. The Kier molecular flexibility index (Phi) is 8.41. The number of azo groups is 1. The summed E-state index contributed by atoms with van der Waals surface area (Å²) in [5.74, 6) is -0.799. The third-order valence-electron chi connectivity index (χ3n) is 5.80. The van der Waals surface area contributed by atoms with E-state index in [-0.39, 0.29) is 32.7 Å². The molecule has 12 heteroatoms. The third-order valence-corrected chi connectivity index (χ3v) is 7.67. The van der Waals surface area contributed by atoms with Crippen LogP contribution < -0.4 is 10.1 Å². The van der Waals surface area contributed by atoms with Crippen LogP contribution in [0.5, 0.6) is 11.5 Å². The van der Waals surface area contributed by atoms with Crippen LogP contribution in [-0.4, -0.2) is 30.6 Å². The number of aryl methyl sites for hydroxylation is 1. The van der Waals surface area contributed by atoms with Crippen molar-refractivity contribution in [1.82, 2.24) is 0 Å². The van der Waals surface area contributed by atoms with Crippen LogP contribution in [0.4, 0.5) is 17.1 Å². The highest BCUT2D eigenvalue weighted by atomic mass is 35.5. The van der Waals surface area contributed by atoms with Gasteiger partial charge in [-0.2, -0.15) is 8.42 Å². The molecule has 0 spiro atoms. The Morgan fingerprint density at radius 1 is 1.00 bits per heavy atom. The van der Waals surface area contributed by atoms with Crippen LogP contribution in [0.2, 0.25) is 10.0 Å². The number of hydrogen-bond donors (Lipinski definition) is 3. The molecule has 0 heterocycles. The minimum Gasteiger partial charge on any atom is -0.505 e. The van der Waals surface area contributed by atoms with Gasteiger partial charge in [0.25, 0.3) is 16.0 Å². The molecule has 0 fully saturated rings. The molecule has 0 aliphatic carbocycles. The molecule has 3 N–H and O–H groups in total. The molecular weight excluding hydrogens is 565 g/mol. The second-order valence-corrected chi connectivity index (χ2v) is 10.4. The molecule has 4 rings (SSSR count). The zero-order valence-electron chi connectivity index (χ0n) is 20.8. The topological polar surface area (TPSA) is 138 Å². The van der Waals surface area contributed by atoms with Gasteiger partial charge in [-0.1, -0.05) is 66.5 Å². The molecule has 0 aliphatic rings. The van der Waals surface area contributed by atoms with Crippen molar-refractivity contribution in [3.63, 3.8) is 0 Å². The molecule has 0 radical (unpaired) electrons. The van der Waals surface area contributed by atoms with Gasteiger partial charge in [-0.25, -0.2) is 0 Å². The Bertz CT molecular complexity index is 1720. The molecule has 0 saturated carbocycles. The number of aromatic hydroxyl groups is 1. The average molecular weight is 588 g/mol. The molecule has 9 nitrogen and oxygen atoms in total. The molecule has 4 aromatic rings. The predicted molar refractivity (Wildman–Crippen MR) is 151 cm³/mol. The number of nitrogens with zero attached hydrogens (tertiary/aromatic N) is 2. The number of rotatable bonds is 8. The number of nitrogens with one attached hydrogen (secondary N) is 1. The number of carbonyl (C=O) groups excluding carboxylic acids is 1. The summed E-state index contributed by atoms with van der Waals surface area (Å²) in [6, 6.07) is 16.1. The number of carbonyl (C=O) groups is 1. The van der Waals surface area contributed by atoms with Crippen LogP contribution in [0.1, 0.15) is 29.8 Å².